The maximum atomic E-state index is 11.9. The van der Waals surface area contributed by atoms with Crippen molar-refractivity contribution < 1.29 is 14.3 Å². The Kier molecular flexibility index (Phi) is 3.03. The molecule has 2 N–H and O–H groups in total. The highest BCUT2D eigenvalue weighted by molar-refractivity contribution is 5.83. The SMILES string of the molecule is C[C@@H](OC(N)=O)C(=O)N1CC2CCCC2C1. The first-order valence-electron chi connectivity index (χ1n) is 5.83. The van der Waals surface area contributed by atoms with Crippen LogP contribution in [0.3, 0.4) is 0 Å². The summed E-state index contributed by atoms with van der Waals surface area (Å²) in [5.41, 5.74) is 4.89. The Hall–Kier alpha value is -1.26. The number of carbonyl (C=O) groups is 2. The van der Waals surface area contributed by atoms with Crippen molar-refractivity contribution in [2.75, 3.05) is 13.1 Å². The first-order chi connectivity index (χ1) is 7.58. The van der Waals surface area contributed by atoms with Gasteiger partial charge in [-0.25, -0.2) is 4.79 Å². The summed E-state index contributed by atoms with van der Waals surface area (Å²) in [5, 5.41) is 0. The van der Waals surface area contributed by atoms with E-state index in [0.29, 0.717) is 11.8 Å². The summed E-state index contributed by atoms with van der Waals surface area (Å²) >= 11 is 0. The quantitative estimate of drug-likeness (QED) is 0.754. The number of amides is 2. The molecule has 2 amide bonds. The van der Waals surface area contributed by atoms with Crippen molar-refractivity contribution in [2.24, 2.45) is 17.6 Å². The molecule has 0 radical (unpaired) electrons. The summed E-state index contributed by atoms with van der Waals surface area (Å²) < 4.78 is 4.69. The van der Waals surface area contributed by atoms with Crippen molar-refractivity contribution >= 4 is 12.0 Å². The van der Waals surface area contributed by atoms with Gasteiger partial charge in [-0.05, 0) is 31.6 Å². The maximum absolute atomic E-state index is 11.9. The van der Waals surface area contributed by atoms with Gasteiger partial charge < -0.3 is 15.4 Å². The van der Waals surface area contributed by atoms with Gasteiger partial charge in [0.05, 0.1) is 0 Å². The minimum atomic E-state index is -0.889. The van der Waals surface area contributed by atoms with Gasteiger partial charge in [-0.1, -0.05) is 6.42 Å². The number of hydrogen-bond donors (Lipinski definition) is 1. The van der Waals surface area contributed by atoms with E-state index >= 15 is 0 Å². The zero-order chi connectivity index (χ0) is 11.7. The third-order valence-electron chi connectivity index (χ3n) is 3.68. The van der Waals surface area contributed by atoms with E-state index in [1.165, 1.54) is 19.3 Å². The minimum Gasteiger partial charge on any atom is -0.437 e. The van der Waals surface area contributed by atoms with Gasteiger partial charge in [0.25, 0.3) is 5.91 Å². The van der Waals surface area contributed by atoms with E-state index < -0.39 is 12.2 Å². The average Bonchev–Trinajstić information content (AvgIpc) is 2.74. The third kappa shape index (κ3) is 2.13. The summed E-state index contributed by atoms with van der Waals surface area (Å²) in [6.07, 6.45) is 2.08. The molecule has 0 aromatic heterocycles. The van der Waals surface area contributed by atoms with Crippen LogP contribution in [0.1, 0.15) is 26.2 Å². The van der Waals surface area contributed by atoms with E-state index in [4.69, 9.17) is 10.5 Å². The van der Waals surface area contributed by atoms with Crippen molar-refractivity contribution in [3.63, 3.8) is 0 Å². The van der Waals surface area contributed by atoms with Crippen molar-refractivity contribution in [1.82, 2.24) is 4.90 Å². The Morgan fingerprint density at radius 2 is 1.88 bits per heavy atom. The van der Waals surface area contributed by atoms with Gasteiger partial charge >= 0.3 is 6.09 Å². The summed E-state index contributed by atoms with van der Waals surface area (Å²) in [6, 6.07) is 0. The first kappa shape index (κ1) is 11.2. The van der Waals surface area contributed by atoms with E-state index in [-0.39, 0.29) is 5.91 Å². The van der Waals surface area contributed by atoms with Gasteiger partial charge in [-0.3, -0.25) is 4.79 Å². The van der Waals surface area contributed by atoms with Crippen LogP contribution < -0.4 is 5.73 Å². The molecule has 2 rings (SSSR count). The van der Waals surface area contributed by atoms with Crippen LogP contribution >= 0.6 is 0 Å². The van der Waals surface area contributed by atoms with Crippen molar-refractivity contribution in [1.29, 1.82) is 0 Å². The molecule has 0 aromatic carbocycles. The van der Waals surface area contributed by atoms with Crippen LogP contribution in [0.4, 0.5) is 4.79 Å². The van der Waals surface area contributed by atoms with Gasteiger partial charge in [0, 0.05) is 13.1 Å². The van der Waals surface area contributed by atoms with Crippen LogP contribution in [0, 0.1) is 11.8 Å². The molecule has 1 aliphatic carbocycles. The summed E-state index contributed by atoms with van der Waals surface area (Å²) in [4.78, 5) is 24.3. The molecule has 1 aliphatic heterocycles. The minimum absolute atomic E-state index is 0.117. The lowest BCUT2D eigenvalue weighted by molar-refractivity contribution is -0.138. The normalized spacial score (nSPS) is 29.9. The number of nitrogens with zero attached hydrogens (tertiary/aromatic N) is 1. The van der Waals surface area contributed by atoms with Crippen LogP contribution in [0.5, 0.6) is 0 Å². The Labute approximate surface area is 94.9 Å². The van der Waals surface area contributed by atoms with Gasteiger partial charge in [0.15, 0.2) is 6.10 Å². The van der Waals surface area contributed by atoms with Crippen molar-refractivity contribution in [3.8, 4) is 0 Å². The Balaban J connectivity index is 1.89. The molecule has 0 aromatic rings. The number of nitrogens with two attached hydrogens (primary N) is 1. The van der Waals surface area contributed by atoms with Crippen LogP contribution in [0.2, 0.25) is 0 Å². The van der Waals surface area contributed by atoms with Gasteiger partial charge in [0.1, 0.15) is 0 Å². The lowest BCUT2D eigenvalue weighted by Gasteiger charge is -2.21. The van der Waals surface area contributed by atoms with E-state index in [9.17, 15) is 9.59 Å². The predicted octanol–water partition coefficient (Wildman–Crippen LogP) is 0.729. The molecule has 1 saturated heterocycles. The van der Waals surface area contributed by atoms with E-state index in [2.05, 4.69) is 0 Å². The Morgan fingerprint density at radius 1 is 1.31 bits per heavy atom. The summed E-state index contributed by atoms with van der Waals surface area (Å²) in [6.45, 7) is 3.20. The molecule has 3 atom stereocenters. The molecular formula is C11H18N2O3. The maximum Gasteiger partial charge on any atom is 0.405 e. The largest absolute Gasteiger partial charge is 0.437 e. The second-order valence-corrected chi connectivity index (χ2v) is 4.77. The number of fused-ring (bicyclic) bond motifs is 1. The highest BCUT2D eigenvalue weighted by atomic mass is 16.6. The van der Waals surface area contributed by atoms with Crippen LogP contribution in [0.15, 0.2) is 0 Å². The fourth-order valence-electron chi connectivity index (χ4n) is 2.90. The number of ether oxygens (including phenoxy) is 1. The summed E-state index contributed by atoms with van der Waals surface area (Å²) in [5.74, 6) is 1.20. The lowest BCUT2D eigenvalue weighted by atomic mass is 10.0. The monoisotopic (exact) mass is 226 g/mol. The molecular weight excluding hydrogens is 208 g/mol. The first-order valence-corrected chi connectivity index (χ1v) is 5.83. The molecule has 0 spiro atoms. The fourth-order valence-corrected chi connectivity index (χ4v) is 2.90. The highest BCUT2D eigenvalue weighted by Gasteiger charge is 2.39. The number of likely N-dealkylation sites (tertiary alicyclic amines) is 1. The van der Waals surface area contributed by atoms with Crippen LogP contribution in [-0.4, -0.2) is 36.1 Å². The number of hydrogen-bond acceptors (Lipinski definition) is 3. The Morgan fingerprint density at radius 3 is 2.38 bits per heavy atom. The van der Waals surface area contributed by atoms with Gasteiger partial charge in [0.2, 0.25) is 0 Å². The topological polar surface area (TPSA) is 72.6 Å². The molecule has 5 nitrogen and oxygen atoms in total. The predicted molar refractivity (Wildman–Crippen MR) is 57.5 cm³/mol. The second-order valence-electron chi connectivity index (χ2n) is 4.77. The smallest absolute Gasteiger partial charge is 0.405 e. The van der Waals surface area contributed by atoms with Crippen LogP contribution in [-0.2, 0) is 9.53 Å². The average molecular weight is 226 g/mol. The molecule has 2 fully saturated rings. The zero-order valence-electron chi connectivity index (χ0n) is 9.52. The van der Waals surface area contributed by atoms with E-state index in [1.54, 1.807) is 6.92 Å². The van der Waals surface area contributed by atoms with Gasteiger partial charge in [-0.15, -0.1) is 0 Å². The van der Waals surface area contributed by atoms with Gasteiger partial charge in [-0.2, -0.15) is 0 Å². The fraction of sp³-hybridized carbons (Fsp3) is 0.818. The molecule has 2 aliphatic rings. The molecule has 1 saturated carbocycles. The summed E-state index contributed by atoms with van der Waals surface area (Å²) in [7, 11) is 0. The van der Waals surface area contributed by atoms with E-state index in [0.717, 1.165) is 13.1 Å². The third-order valence-corrected chi connectivity index (χ3v) is 3.68. The van der Waals surface area contributed by atoms with E-state index in [1.807, 2.05) is 4.90 Å². The standard InChI is InChI=1S/C11H18N2O3/c1-7(16-11(12)15)10(14)13-5-8-3-2-4-9(8)6-13/h7-9H,2-6H2,1H3,(H2,12,15)/t7-,8?,9?/m1/s1. The molecule has 2 unspecified atom stereocenters. The van der Waals surface area contributed by atoms with Crippen LogP contribution in [0.25, 0.3) is 0 Å². The number of primary amides is 1. The molecule has 0 bridgehead atoms. The lowest BCUT2D eigenvalue weighted by Crippen LogP contribution is -2.39. The van der Waals surface area contributed by atoms with Crippen molar-refractivity contribution in [2.45, 2.75) is 32.3 Å². The Bertz CT molecular complexity index is 294. The molecule has 90 valence electrons. The number of carbonyl (C=O) groups excluding carboxylic acids is 2. The second kappa shape index (κ2) is 4.31. The number of rotatable bonds is 2. The molecule has 1 heterocycles. The highest BCUT2D eigenvalue weighted by Crippen LogP contribution is 2.37. The van der Waals surface area contributed by atoms with Crippen molar-refractivity contribution in [3.05, 3.63) is 0 Å². The zero-order valence-corrected chi connectivity index (χ0v) is 9.52. The molecule has 5 heteroatoms. The molecule has 16 heavy (non-hydrogen) atoms.